The predicted octanol–water partition coefficient (Wildman–Crippen LogP) is -0.856. The van der Waals surface area contributed by atoms with Crippen molar-refractivity contribution in [1.29, 1.82) is 0 Å². The zero-order valence-corrected chi connectivity index (χ0v) is 9.80. The first kappa shape index (κ1) is 13.1. The highest BCUT2D eigenvalue weighted by Gasteiger charge is 2.17. The second-order valence-corrected chi connectivity index (χ2v) is 3.50. The fraction of sp³-hybridized carbons (Fsp3) is 0.556. The van der Waals surface area contributed by atoms with Gasteiger partial charge in [-0.1, -0.05) is 12.1 Å². The number of carbonyl (C=O) groups excluding carboxylic acids is 2. The molecule has 0 fully saturated rings. The van der Waals surface area contributed by atoms with Crippen molar-refractivity contribution in [1.82, 2.24) is 25.6 Å². The van der Waals surface area contributed by atoms with Gasteiger partial charge in [-0.2, -0.15) is 0 Å². The number of nitrogens with one attached hydrogen (secondary N) is 2. The Morgan fingerprint density at radius 3 is 2.88 bits per heavy atom. The molecule has 0 radical (unpaired) electrons. The lowest BCUT2D eigenvalue weighted by atomic mass is 10.3. The van der Waals surface area contributed by atoms with E-state index >= 15 is 0 Å². The maximum atomic E-state index is 11.5. The molecule has 1 unspecified atom stereocenters. The molecular formula is C9H16N6O2. The summed E-state index contributed by atoms with van der Waals surface area (Å²) in [7, 11) is 0. The zero-order valence-electron chi connectivity index (χ0n) is 9.80. The Morgan fingerprint density at radius 2 is 2.29 bits per heavy atom. The van der Waals surface area contributed by atoms with Crippen LogP contribution in [0.1, 0.15) is 25.6 Å². The third-order valence-electron chi connectivity index (χ3n) is 2.14. The molecule has 1 rings (SSSR count). The molecule has 0 spiro atoms. The highest BCUT2D eigenvalue weighted by Crippen LogP contribution is 2.04. The van der Waals surface area contributed by atoms with E-state index in [1.807, 2.05) is 12.2 Å². The average molecular weight is 240 g/mol. The van der Waals surface area contributed by atoms with Gasteiger partial charge in [-0.15, -0.1) is 5.10 Å². The molecule has 1 aromatic rings. The molecule has 94 valence electrons. The van der Waals surface area contributed by atoms with E-state index < -0.39 is 18.0 Å². The molecule has 0 aliphatic rings. The number of aromatic nitrogens is 3. The summed E-state index contributed by atoms with van der Waals surface area (Å²) in [5.41, 5.74) is 5.58. The van der Waals surface area contributed by atoms with E-state index in [4.69, 9.17) is 5.73 Å². The van der Waals surface area contributed by atoms with Gasteiger partial charge in [0.25, 0.3) is 5.91 Å². The van der Waals surface area contributed by atoms with Crippen LogP contribution in [0.5, 0.6) is 0 Å². The number of urea groups is 1. The summed E-state index contributed by atoms with van der Waals surface area (Å²) in [4.78, 5) is 22.0. The third kappa shape index (κ3) is 3.83. The quantitative estimate of drug-likeness (QED) is 0.619. The van der Waals surface area contributed by atoms with Crippen LogP contribution in [0.4, 0.5) is 4.79 Å². The molecule has 0 saturated heterocycles. The van der Waals surface area contributed by atoms with Gasteiger partial charge >= 0.3 is 6.03 Å². The van der Waals surface area contributed by atoms with Gasteiger partial charge in [0.05, 0.1) is 11.9 Å². The van der Waals surface area contributed by atoms with Crippen molar-refractivity contribution >= 4 is 11.9 Å². The molecule has 0 aromatic carbocycles. The molecule has 8 heteroatoms. The van der Waals surface area contributed by atoms with Crippen LogP contribution in [0.25, 0.3) is 0 Å². The van der Waals surface area contributed by atoms with E-state index in [-0.39, 0.29) is 0 Å². The Kier molecular flexibility index (Phi) is 4.58. The Balaban J connectivity index is 2.62. The first-order valence-electron chi connectivity index (χ1n) is 5.26. The van der Waals surface area contributed by atoms with Crippen LogP contribution in [0.2, 0.25) is 0 Å². The number of hydrogen-bond acceptors (Lipinski definition) is 5. The molecule has 8 nitrogen and oxygen atoms in total. The van der Waals surface area contributed by atoms with E-state index in [1.54, 1.807) is 13.1 Å². The lowest BCUT2D eigenvalue weighted by Crippen LogP contribution is -2.39. The monoisotopic (exact) mass is 240 g/mol. The van der Waals surface area contributed by atoms with Gasteiger partial charge < -0.3 is 11.1 Å². The molecule has 3 amide bonds. The number of nitrogens with zero attached hydrogens (tertiary/aromatic N) is 3. The molecule has 1 atom stereocenters. The molecular weight excluding hydrogens is 224 g/mol. The summed E-state index contributed by atoms with van der Waals surface area (Å²) in [6, 6.07) is -1.51. The molecule has 0 bridgehead atoms. The van der Waals surface area contributed by atoms with Gasteiger partial charge in [0.1, 0.15) is 6.04 Å². The van der Waals surface area contributed by atoms with Crippen molar-refractivity contribution in [2.45, 2.75) is 26.4 Å². The molecule has 1 heterocycles. The summed E-state index contributed by atoms with van der Waals surface area (Å²) >= 11 is 0. The first-order chi connectivity index (χ1) is 8.04. The summed E-state index contributed by atoms with van der Waals surface area (Å²) in [6.45, 7) is 4.99. The lowest BCUT2D eigenvalue weighted by molar-refractivity contribution is -0.123. The number of rotatable bonds is 5. The molecule has 1 aromatic heterocycles. The summed E-state index contributed by atoms with van der Waals surface area (Å²) < 4.78 is 1.38. The number of hydrogen-bond donors (Lipinski definition) is 3. The van der Waals surface area contributed by atoms with Crippen LogP contribution in [-0.4, -0.2) is 33.5 Å². The second kappa shape index (κ2) is 5.94. The van der Waals surface area contributed by atoms with Crippen molar-refractivity contribution in [3.8, 4) is 0 Å². The van der Waals surface area contributed by atoms with Crippen molar-refractivity contribution in [3.05, 3.63) is 11.9 Å². The van der Waals surface area contributed by atoms with Gasteiger partial charge in [0.2, 0.25) is 0 Å². The Hall–Kier alpha value is -1.96. The summed E-state index contributed by atoms with van der Waals surface area (Å²) in [5, 5.41) is 12.8. The van der Waals surface area contributed by atoms with Crippen molar-refractivity contribution < 1.29 is 9.59 Å². The Morgan fingerprint density at radius 1 is 1.59 bits per heavy atom. The van der Waals surface area contributed by atoms with E-state index in [9.17, 15) is 9.59 Å². The number of nitrogens with two attached hydrogens (primary N) is 1. The molecule has 0 aliphatic carbocycles. The largest absolute Gasteiger partial charge is 0.351 e. The SMILES string of the molecule is CCNCc1cn(C(C)C(=O)NC(N)=O)nn1. The molecule has 0 aliphatic heterocycles. The van der Waals surface area contributed by atoms with Gasteiger partial charge in [0.15, 0.2) is 0 Å². The van der Waals surface area contributed by atoms with E-state index in [0.717, 1.165) is 12.2 Å². The smallest absolute Gasteiger partial charge is 0.318 e. The summed E-state index contributed by atoms with van der Waals surface area (Å²) in [5.74, 6) is -0.516. The fourth-order valence-corrected chi connectivity index (χ4v) is 1.18. The molecule has 4 N–H and O–H groups in total. The summed E-state index contributed by atoms with van der Waals surface area (Å²) in [6.07, 6.45) is 1.65. The maximum absolute atomic E-state index is 11.5. The van der Waals surface area contributed by atoms with Crippen molar-refractivity contribution in [2.75, 3.05) is 6.54 Å². The predicted molar refractivity (Wildman–Crippen MR) is 59.8 cm³/mol. The lowest BCUT2D eigenvalue weighted by Gasteiger charge is -2.09. The van der Waals surface area contributed by atoms with Gasteiger partial charge in [-0.3, -0.25) is 10.1 Å². The highest BCUT2D eigenvalue weighted by atomic mass is 16.2. The van der Waals surface area contributed by atoms with Gasteiger partial charge in [-0.25, -0.2) is 9.48 Å². The minimum absolute atomic E-state index is 0.516. The topological polar surface area (TPSA) is 115 Å². The molecule has 0 saturated carbocycles. The van der Waals surface area contributed by atoms with Crippen LogP contribution in [-0.2, 0) is 11.3 Å². The van der Waals surface area contributed by atoms with Crippen molar-refractivity contribution in [2.24, 2.45) is 5.73 Å². The van der Waals surface area contributed by atoms with E-state index in [0.29, 0.717) is 6.54 Å². The second-order valence-electron chi connectivity index (χ2n) is 3.50. The highest BCUT2D eigenvalue weighted by molar-refractivity contribution is 5.95. The normalized spacial score (nSPS) is 12.1. The fourth-order valence-electron chi connectivity index (χ4n) is 1.18. The minimum Gasteiger partial charge on any atom is -0.351 e. The zero-order chi connectivity index (χ0) is 12.8. The standard InChI is InChI=1S/C9H16N6O2/c1-3-11-4-7-5-15(14-13-7)6(2)8(16)12-9(10)17/h5-6,11H,3-4H2,1-2H3,(H3,10,12,16,17). The van der Waals surface area contributed by atoms with Crippen LogP contribution in [0, 0.1) is 0 Å². The van der Waals surface area contributed by atoms with Crippen LogP contribution in [0.3, 0.4) is 0 Å². The third-order valence-corrected chi connectivity index (χ3v) is 2.14. The van der Waals surface area contributed by atoms with Crippen molar-refractivity contribution in [3.63, 3.8) is 0 Å². The van der Waals surface area contributed by atoms with E-state index in [1.165, 1.54) is 4.68 Å². The first-order valence-corrected chi connectivity index (χ1v) is 5.26. The van der Waals surface area contributed by atoms with Crippen LogP contribution >= 0.6 is 0 Å². The van der Waals surface area contributed by atoms with Gasteiger partial charge in [-0.05, 0) is 13.5 Å². The minimum atomic E-state index is -0.880. The average Bonchev–Trinajstić information content (AvgIpc) is 2.72. The van der Waals surface area contributed by atoms with E-state index in [2.05, 4.69) is 15.6 Å². The Bertz CT molecular complexity index is 402. The number of carbonyl (C=O) groups is 2. The number of primary amides is 1. The molecule has 17 heavy (non-hydrogen) atoms. The van der Waals surface area contributed by atoms with Crippen LogP contribution in [0.15, 0.2) is 6.20 Å². The number of amides is 3. The Labute approximate surface area is 98.5 Å². The van der Waals surface area contributed by atoms with Crippen LogP contribution < -0.4 is 16.4 Å². The van der Waals surface area contributed by atoms with Gasteiger partial charge in [0, 0.05) is 6.54 Å². The number of imide groups is 1. The maximum Gasteiger partial charge on any atom is 0.318 e.